The van der Waals surface area contributed by atoms with Crippen LogP contribution in [0.2, 0.25) is 0 Å². The maximum Gasteiger partial charge on any atom is 0.417 e. The second-order valence-electron chi connectivity index (χ2n) is 5.22. The van der Waals surface area contributed by atoms with Gasteiger partial charge in [0, 0.05) is 39.4 Å². The van der Waals surface area contributed by atoms with Gasteiger partial charge in [0.2, 0.25) is 5.91 Å². The summed E-state index contributed by atoms with van der Waals surface area (Å²) in [6, 6.07) is 1.81. The van der Waals surface area contributed by atoms with E-state index in [1.807, 2.05) is 0 Å². The van der Waals surface area contributed by atoms with Crippen LogP contribution in [-0.4, -0.2) is 66.4 Å². The third kappa shape index (κ3) is 6.33. The highest BCUT2D eigenvalue weighted by molar-refractivity contribution is 5.94. The van der Waals surface area contributed by atoms with Gasteiger partial charge in [-0.2, -0.15) is 13.2 Å². The molecule has 0 unspecified atom stereocenters. The molecular formula is C14H19Cl2F3N4O2. The summed E-state index contributed by atoms with van der Waals surface area (Å²) in [5.41, 5.74) is -1.05. The van der Waals surface area contributed by atoms with Crippen molar-refractivity contribution < 1.29 is 22.8 Å². The molecule has 2 amide bonds. The van der Waals surface area contributed by atoms with E-state index in [2.05, 4.69) is 10.3 Å². The molecule has 0 spiro atoms. The molecule has 11 heteroatoms. The molecule has 1 saturated heterocycles. The molecule has 0 radical (unpaired) electrons. The highest BCUT2D eigenvalue weighted by Gasteiger charge is 2.31. The lowest BCUT2D eigenvalue weighted by Gasteiger charge is -2.29. The highest BCUT2D eigenvalue weighted by Crippen LogP contribution is 2.28. The van der Waals surface area contributed by atoms with Crippen molar-refractivity contribution in [1.29, 1.82) is 0 Å². The zero-order chi connectivity index (χ0) is 17.0. The second kappa shape index (κ2) is 9.79. The first-order valence-corrected chi connectivity index (χ1v) is 7.06. The summed E-state index contributed by atoms with van der Waals surface area (Å²) in [4.78, 5) is 30.5. The predicted molar refractivity (Wildman–Crippen MR) is 90.1 cm³/mol. The number of alkyl halides is 3. The largest absolute Gasteiger partial charge is 0.417 e. The normalized spacial score (nSPS) is 14.2. The van der Waals surface area contributed by atoms with Crippen LogP contribution in [0.3, 0.4) is 0 Å². The van der Waals surface area contributed by atoms with Gasteiger partial charge in [-0.15, -0.1) is 24.8 Å². The number of hydrogen-bond donors (Lipinski definition) is 1. The molecule has 2 heterocycles. The van der Waals surface area contributed by atoms with Gasteiger partial charge in [-0.05, 0) is 12.1 Å². The summed E-state index contributed by atoms with van der Waals surface area (Å²) in [6.45, 7) is 2.40. The molecule has 2 rings (SSSR count). The van der Waals surface area contributed by atoms with Gasteiger partial charge in [0.1, 0.15) is 5.69 Å². The van der Waals surface area contributed by atoms with Crippen LogP contribution in [0.5, 0.6) is 0 Å². The van der Waals surface area contributed by atoms with E-state index in [1.165, 1.54) is 7.05 Å². The van der Waals surface area contributed by atoms with Crippen molar-refractivity contribution in [3.05, 3.63) is 29.6 Å². The van der Waals surface area contributed by atoms with Crippen molar-refractivity contribution in [2.75, 3.05) is 39.8 Å². The number of carbonyl (C=O) groups excluding carboxylic acids is 2. The Hall–Kier alpha value is -1.58. The van der Waals surface area contributed by atoms with Gasteiger partial charge < -0.3 is 15.1 Å². The van der Waals surface area contributed by atoms with Crippen molar-refractivity contribution >= 4 is 36.6 Å². The van der Waals surface area contributed by atoms with E-state index in [0.29, 0.717) is 32.4 Å². The quantitative estimate of drug-likeness (QED) is 0.830. The predicted octanol–water partition coefficient (Wildman–Crippen LogP) is 1.45. The van der Waals surface area contributed by atoms with Crippen molar-refractivity contribution in [1.82, 2.24) is 20.1 Å². The zero-order valence-electron chi connectivity index (χ0n) is 13.4. The van der Waals surface area contributed by atoms with Gasteiger partial charge in [0.25, 0.3) is 5.91 Å². The lowest BCUT2D eigenvalue weighted by Crippen LogP contribution is -2.49. The van der Waals surface area contributed by atoms with Crippen molar-refractivity contribution in [2.45, 2.75) is 6.18 Å². The Morgan fingerprint density at radius 3 is 2.32 bits per heavy atom. The Kier molecular flexibility index (Phi) is 9.17. The number of rotatable bonds is 3. The van der Waals surface area contributed by atoms with E-state index >= 15 is 0 Å². The molecule has 1 aromatic rings. The Bertz CT molecular complexity index is 578. The monoisotopic (exact) mass is 402 g/mol. The molecule has 0 saturated carbocycles. The molecule has 0 bridgehead atoms. The average molecular weight is 403 g/mol. The Morgan fingerprint density at radius 1 is 1.24 bits per heavy atom. The number of carbonyl (C=O) groups is 2. The molecule has 1 aliphatic heterocycles. The highest BCUT2D eigenvalue weighted by atomic mass is 35.5. The fourth-order valence-electron chi connectivity index (χ4n) is 2.17. The third-order valence-corrected chi connectivity index (χ3v) is 3.50. The molecular weight excluding hydrogens is 384 g/mol. The van der Waals surface area contributed by atoms with Crippen LogP contribution in [0.4, 0.5) is 13.2 Å². The second-order valence-corrected chi connectivity index (χ2v) is 5.22. The van der Waals surface area contributed by atoms with Crippen LogP contribution in [0.25, 0.3) is 0 Å². The van der Waals surface area contributed by atoms with Crippen LogP contribution >= 0.6 is 24.8 Å². The lowest BCUT2D eigenvalue weighted by atomic mass is 10.2. The minimum Gasteiger partial charge on any atom is -0.339 e. The number of piperazine rings is 1. The Labute approximate surface area is 155 Å². The first kappa shape index (κ1) is 23.4. The summed E-state index contributed by atoms with van der Waals surface area (Å²) in [6.07, 6.45) is -3.89. The topological polar surface area (TPSA) is 65.5 Å². The number of nitrogens with one attached hydrogen (secondary N) is 1. The molecule has 0 aliphatic carbocycles. The molecule has 25 heavy (non-hydrogen) atoms. The van der Waals surface area contributed by atoms with Crippen LogP contribution in [0, 0.1) is 0 Å². The van der Waals surface area contributed by atoms with Gasteiger partial charge >= 0.3 is 6.18 Å². The van der Waals surface area contributed by atoms with Crippen molar-refractivity contribution in [3.8, 4) is 0 Å². The SMILES string of the molecule is CN(CC(=O)N1CCNCC1)C(=O)c1ccc(C(F)(F)F)cn1.Cl.Cl. The maximum absolute atomic E-state index is 12.5. The average Bonchev–Trinajstić information content (AvgIpc) is 2.54. The van der Waals surface area contributed by atoms with Crippen LogP contribution < -0.4 is 5.32 Å². The minimum atomic E-state index is -4.50. The van der Waals surface area contributed by atoms with E-state index in [4.69, 9.17) is 0 Å². The van der Waals surface area contributed by atoms with E-state index in [9.17, 15) is 22.8 Å². The van der Waals surface area contributed by atoms with Gasteiger partial charge in [-0.3, -0.25) is 14.6 Å². The minimum absolute atomic E-state index is 0. The van der Waals surface area contributed by atoms with Crippen molar-refractivity contribution in [2.24, 2.45) is 0 Å². The summed E-state index contributed by atoms with van der Waals surface area (Å²) >= 11 is 0. The van der Waals surface area contributed by atoms with E-state index < -0.39 is 17.6 Å². The first-order chi connectivity index (χ1) is 10.8. The summed E-state index contributed by atoms with van der Waals surface area (Å²) in [7, 11) is 1.42. The van der Waals surface area contributed by atoms with E-state index in [-0.39, 0.29) is 43.0 Å². The number of aromatic nitrogens is 1. The number of pyridine rings is 1. The Balaban J connectivity index is 0.00000288. The molecule has 1 N–H and O–H groups in total. The molecule has 1 aromatic heterocycles. The van der Waals surface area contributed by atoms with Gasteiger partial charge in [-0.1, -0.05) is 0 Å². The van der Waals surface area contributed by atoms with Crippen LogP contribution in [-0.2, 0) is 11.0 Å². The van der Waals surface area contributed by atoms with Crippen LogP contribution in [0.1, 0.15) is 16.1 Å². The number of hydrogen-bond acceptors (Lipinski definition) is 4. The third-order valence-electron chi connectivity index (χ3n) is 3.50. The Morgan fingerprint density at radius 2 is 1.84 bits per heavy atom. The van der Waals surface area contributed by atoms with E-state index in [1.54, 1.807) is 4.90 Å². The molecule has 0 atom stereocenters. The summed E-state index contributed by atoms with van der Waals surface area (Å²) < 4.78 is 37.4. The van der Waals surface area contributed by atoms with Gasteiger partial charge in [0.15, 0.2) is 0 Å². The van der Waals surface area contributed by atoms with E-state index in [0.717, 1.165) is 17.0 Å². The summed E-state index contributed by atoms with van der Waals surface area (Å²) in [5.74, 6) is -0.795. The molecule has 1 aliphatic rings. The fraction of sp³-hybridized carbons (Fsp3) is 0.500. The smallest absolute Gasteiger partial charge is 0.339 e. The number of amides is 2. The standard InChI is InChI=1S/C14H17F3N4O2.2ClH/c1-20(9-12(22)21-6-4-18-5-7-21)13(23)11-3-2-10(8-19-11)14(15,16)17;;/h2-3,8,18H,4-7,9H2,1H3;2*1H. The molecule has 1 fully saturated rings. The molecule has 0 aromatic carbocycles. The summed E-state index contributed by atoms with van der Waals surface area (Å²) in [5, 5.41) is 3.11. The fourth-order valence-corrected chi connectivity index (χ4v) is 2.17. The number of halogens is 5. The van der Waals surface area contributed by atoms with Crippen molar-refractivity contribution in [3.63, 3.8) is 0 Å². The number of nitrogens with zero attached hydrogens (tertiary/aromatic N) is 3. The maximum atomic E-state index is 12.5. The van der Waals surface area contributed by atoms with Crippen LogP contribution in [0.15, 0.2) is 18.3 Å². The molecule has 142 valence electrons. The lowest BCUT2D eigenvalue weighted by molar-refractivity contribution is -0.137. The van der Waals surface area contributed by atoms with Gasteiger partial charge in [-0.25, -0.2) is 0 Å². The zero-order valence-corrected chi connectivity index (χ0v) is 15.0. The first-order valence-electron chi connectivity index (χ1n) is 7.06. The van der Waals surface area contributed by atoms with Gasteiger partial charge in [0.05, 0.1) is 12.1 Å². The number of likely N-dealkylation sites (N-methyl/N-ethyl adjacent to an activating group) is 1. The molecule has 6 nitrogen and oxygen atoms in total.